The van der Waals surface area contributed by atoms with Crippen LogP contribution in [0.5, 0.6) is 0 Å². The van der Waals surface area contributed by atoms with Crippen LogP contribution in [0.1, 0.15) is 6.92 Å². The van der Waals surface area contributed by atoms with E-state index in [-0.39, 0.29) is 44.0 Å². The highest BCUT2D eigenvalue weighted by atomic mass is 19.4. The second-order valence-electron chi connectivity index (χ2n) is 6.16. The van der Waals surface area contributed by atoms with Gasteiger partial charge in [-0.05, 0) is 5.92 Å². The third kappa shape index (κ3) is 5.65. The maximum absolute atomic E-state index is 12.5. The van der Waals surface area contributed by atoms with E-state index in [2.05, 4.69) is 0 Å². The number of rotatable bonds is 3. The highest BCUT2D eigenvalue weighted by Gasteiger charge is 2.33. The standard InChI is InChI=1S/C14H22F3N3O3/c1-11-6-18(10-14(15,16)17)2-3-19(7-11)12(21)8-20-4-5-23-9-13(20)22/h11H,2-10H2,1H3. The van der Waals surface area contributed by atoms with Crippen LogP contribution in [-0.4, -0.2) is 91.7 Å². The van der Waals surface area contributed by atoms with Gasteiger partial charge in [-0.3, -0.25) is 14.5 Å². The fourth-order valence-corrected chi connectivity index (χ4v) is 2.92. The second-order valence-corrected chi connectivity index (χ2v) is 6.16. The van der Waals surface area contributed by atoms with Gasteiger partial charge in [-0.15, -0.1) is 0 Å². The van der Waals surface area contributed by atoms with Crippen molar-refractivity contribution in [1.82, 2.24) is 14.7 Å². The maximum Gasteiger partial charge on any atom is 0.401 e. The number of nitrogens with zero attached hydrogens (tertiary/aromatic N) is 3. The van der Waals surface area contributed by atoms with Gasteiger partial charge in [0.25, 0.3) is 0 Å². The average Bonchev–Trinajstić information content (AvgIpc) is 2.61. The van der Waals surface area contributed by atoms with E-state index >= 15 is 0 Å². The van der Waals surface area contributed by atoms with Crippen molar-refractivity contribution in [2.75, 3.05) is 59.0 Å². The molecule has 2 aliphatic rings. The summed E-state index contributed by atoms with van der Waals surface area (Å²) in [6.07, 6.45) is -4.24. The van der Waals surface area contributed by atoms with Crippen LogP contribution < -0.4 is 0 Å². The van der Waals surface area contributed by atoms with E-state index in [1.165, 1.54) is 9.80 Å². The first-order valence-electron chi connectivity index (χ1n) is 7.67. The first kappa shape index (κ1) is 18.0. The number of amides is 2. The summed E-state index contributed by atoms with van der Waals surface area (Å²) >= 11 is 0. The molecule has 1 atom stereocenters. The Morgan fingerprint density at radius 2 is 2.00 bits per heavy atom. The molecule has 0 aliphatic carbocycles. The summed E-state index contributed by atoms with van der Waals surface area (Å²) in [5.74, 6) is -0.503. The van der Waals surface area contributed by atoms with Crippen LogP contribution in [0.3, 0.4) is 0 Å². The van der Waals surface area contributed by atoms with Crippen molar-refractivity contribution in [1.29, 1.82) is 0 Å². The molecule has 2 aliphatic heterocycles. The lowest BCUT2D eigenvalue weighted by atomic mass is 10.1. The van der Waals surface area contributed by atoms with Gasteiger partial charge in [0.15, 0.2) is 0 Å². The Bertz CT molecular complexity index is 445. The quantitative estimate of drug-likeness (QED) is 0.738. The van der Waals surface area contributed by atoms with Crippen molar-refractivity contribution < 1.29 is 27.5 Å². The Kier molecular flexibility index (Phi) is 5.85. The monoisotopic (exact) mass is 337 g/mol. The highest BCUT2D eigenvalue weighted by Crippen LogP contribution is 2.19. The zero-order valence-corrected chi connectivity index (χ0v) is 13.1. The Morgan fingerprint density at radius 3 is 2.65 bits per heavy atom. The van der Waals surface area contributed by atoms with Gasteiger partial charge in [0.2, 0.25) is 11.8 Å². The Labute approximate surface area is 133 Å². The summed E-state index contributed by atoms with van der Waals surface area (Å²) in [4.78, 5) is 28.3. The first-order valence-corrected chi connectivity index (χ1v) is 7.67. The lowest BCUT2D eigenvalue weighted by Crippen LogP contribution is -2.48. The number of morpholine rings is 1. The molecule has 2 fully saturated rings. The summed E-state index contributed by atoms with van der Waals surface area (Å²) in [5.41, 5.74) is 0. The van der Waals surface area contributed by atoms with E-state index in [0.717, 1.165) is 0 Å². The van der Waals surface area contributed by atoms with Crippen LogP contribution in [0, 0.1) is 5.92 Å². The van der Waals surface area contributed by atoms with Crippen LogP contribution in [0.25, 0.3) is 0 Å². The number of ether oxygens (including phenoxy) is 1. The Hall–Kier alpha value is -1.35. The second kappa shape index (κ2) is 7.48. The number of carbonyl (C=O) groups is 2. The minimum atomic E-state index is -4.24. The number of alkyl halides is 3. The molecule has 0 saturated carbocycles. The predicted molar refractivity (Wildman–Crippen MR) is 75.6 cm³/mol. The molecule has 2 saturated heterocycles. The third-order valence-corrected chi connectivity index (χ3v) is 3.95. The van der Waals surface area contributed by atoms with E-state index in [1.54, 1.807) is 4.90 Å². The molecule has 2 rings (SSSR count). The molecule has 0 bridgehead atoms. The smallest absolute Gasteiger partial charge is 0.370 e. The minimum Gasteiger partial charge on any atom is -0.370 e. The van der Waals surface area contributed by atoms with Crippen molar-refractivity contribution in [3.05, 3.63) is 0 Å². The van der Waals surface area contributed by atoms with Gasteiger partial charge in [-0.1, -0.05) is 6.92 Å². The van der Waals surface area contributed by atoms with Gasteiger partial charge in [0, 0.05) is 32.7 Å². The SMILES string of the molecule is CC1CN(CC(F)(F)F)CCN(C(=O)CN2CCOCC2=O)C1. The molecule has 9 heteroatoms. The maximum atomic E-state index is 12.5. The molecule has 2 amide bonds. The topological polar surface area (TPSA) is 53.1 Å². The normalized spacial score (nSPS) is 24.7. The molecule has 0 aromatic heterocycles. The molecule has 132 valence electrons. The number of hydrogen-bond acceptors (Lipinski definition) is 4. The molecule has 0 spiro atoms. The lowest BCUT2D eigenvalue weighted by Gasteiger charge is -2.29. The number of halogens is 3. The molecular formula is C14H22F3N3O3. The third-order valence-electron chi connectivity index (χ3n) is 3.95. The van der Waals surface area contributed by atoms with Crippen LogP contribution in [0.4, 0.5) is 13.2 Å². The van der Waals surface area contributed by atoms with Crippen LogP contribution >= 0.6 is 0 Å². The average molecular weight is 337 g/mol. The fourth-order valence-electron chi connectivity index (χ4n) is 2.92. The minimum absolute atomic E-state index is 0.0248. The van der Waals surface area contributed by atoms with Gasteiger partial charge in [-0.25, -0.2) is 0 Å². The lowest BCUT2D eigenvalue weighted by molar-refractivity contribution is -0.149. The van der Waals surface area contributed by atoms with Crippen LogP contribution in [0.2, 0.25) is 0 Å². The molecule has 2 heterocycles. The van der Waals surface area contributed by atoms with Crippen molar-refractivity contribution >= 4 is 11.8 Å². The van der Waals surface area contributed by atoms with Gasteiger partial charge in [0.05, 0.1) is 19.7 Å². The van der Waals surface area contributed by atoms with Gasteiger partial charge < -0.3 is 14.5 Å². The molecule has 0 radical (unpaired) electrons. The van der Waals surface area contributed by atoms with Crippen molar-refractivity contribution in [3.8, 4) is 0 Å². The number of carbonyl (C=O) groups excluding carboxylic acids is 2. The van der Waals surface area contributed by atoms with E-state index in [1.807, 2.05) is 6.92 Å². The largest absolute Gasteiger partial charge is 0.401 e. The summed E-state index contributed by atoms with van der Waals surface area (Å²) in [5, 5.41) is 0. The molecule has 0 aromatic carbocycles. The summed E-state index contributed by atoms with van der Waals surface area (Å²) in [7, 11) is 0. The summed E-state index contributed by atoms with van der Waals surface area (Å²) in [6.45, 7) is 2.73. The summed E-state index contributed by atoms with van der Waals surface area (Å²) < 4.78 is 42.6. The molecule has 1 unspecified atom stereocenters. The zero-order chi connectivity index (χ0) is 17.0. The van der Waals surface area contributed by atoms with E-state index in [0.29, 0.717) is 26.2 Å². The van der Waals surface area contributed by atoms with Crippen molar-refractivity contribution in [2.24, 2.45) is 5.92 Å². The molecule has 23 heavy (non-hydrogen) atoms. The Balaban J connectivity index is 1.89. The predicted octanol–water partition coefficient (Wildman–Crippen LogP) is 0.188. The Morgan fingerprint density at radius 1 is 1.26 bits per heavy atom. The summed E-state index contributed by atoms with van der Waals surface area (Å²) in [6, 6.07) is 0. The first-order chi connectivity index (χ1) is 10.7. The molecule has 0 N–H and O–H groups in total. The zero-order valence-electron chi connectivity index (χ0n) is 13.1. The highest BCUT2D eigenvalue weighted by molar-refractivity contribution is 5.85. The van der Waals surface area contributed by atoms with Gasteiger partial charge in [0.1, 0.15) is 6.61 Å². The van der Waals surface area contributed by atoms with Gasteiger partial charge in [-0.2, -0.15) is 13.2 Å². The van der Waals surface area contributed by atoms with Crippen LogP contribution in [0.15, 0.2) is 0 Å². The number of hydrogen-bond donors (Lipinski definition) is 0. The van der Waals surface area contributed by atoms with Crippen molar-refractivity contribution in [3.63, 3.8) is 0 Å². The molecule has 6 nitrogen and oxygen atoms in total. The fraction of sp³-hybridized carbons (Fsp3) is 0.857. The van der Waals surface area contributed by atoms with Crippen molar-refractivity contribution in [2.45, 2.75) is 13.1 Å². The van der Waals surface area contributed by atoms with Crippen LogP contribution in [-0.2, 0) is 14.3 Å². The van der Waals surface area contributed by atoms with E-state index < -0.39 is 12.7 Å². The van der Waals surface area contributed by atoms with Gasteiger partial charge >= 0.3 is 6.18 Å². The molecule has 0 aromatic rings. The van der Waals surface area contributed by atoms with E-state index in [4.69, 9.17) is 4.74 Å². The molecular weight excluding hydrogens is 315 g/mol. The van der Waals surface area contributed by atoms with E-state index in [9.17, 15) is 22.8 Å².